The van der Waals surface area contributed by atoms with Crippen LogP contribution in [0.25, 0.3) is 5.69 Å². The van der Waals surface area contributed by atoms with Gasteiger partial charge >= 0.3 is 0 Å². The lowest BCUT2D eigenvalue weighted by Crippen LogP contribution is -2.31. The predicted octanol–water partition coefficient (Wildman–Crippen LogP) is 4.01. The molecule has 0 saturated heterocycles. The molecule has 3 aromatic rings. The molecule has 0 aliphatic carbocycles. The highest BCUT2D eigenvalue weighted by atomic mass is 35.5. The summed E-state index contributed by atoms with van der Waals surface area (Å²) in [6, 6.07) is 13.7. The maximum atomic E-state index is 12.7. The van der Waals surface area contributed by atoms with Gasteiger partial charge < -0.3 is 14.8 Å². The molecule has 0 saturated carbocycles. The molecule has 0 bridgehead atoms. The second-order valence-electron chi connectivity index (χ2n) is 7.01. The van der Waals surface area contributed by atoms with Gasteiger partial charge in [0, 0.05) is 23.2 Å². The average Bonchev–Trinajstić information content (AvgIpc) is 2.80. The van der Waals surface area contributed by atoms with Crippen molar-refractivity contribution in [3.05, 3.63) is 75.0 Å². The Hall–Kier alpha value is -2.97. The molecule has 32 heavy (non-hydrogen) atoms. The maximum absolute atomic E-state index is 12.7. The summed E-state index contributed by atoms with van der Waals surface area (Å²) in [6.45, 7) is 3.96. The minimum absolute atomic E-state index is 0.169. The Morgan fingerprint density at radius 2 is 1.94 bits per heavy atom. The zero-order valence-corrected chi connectivity index (χ0v) is 19.8. The standard InChI is InChI=1S/C23H24ClN3O4S/c1-14-5-6-17(12-19(14)24)27-22(28)10-9-21(26-27)32-15(2)23(29)25-13-16-11-18(30-3)7-8-20(16)31-4/h5-12,15H,13H2,1-4H3,(H,25,29)/t15-/m1/s1. The maximum Gasteiger partial charge on any atom is 0.271 e. The summed E-state index contributed by atoms with van der Waals surface area (Å²) >= 11 is 7.45. The van der Waals surface area contributed by atoms with E-state index in [0.717, 1.165) is 11.1 Å². The van der Waals surface area contributed by atoms with Gasteiger partial charge in [-0.2, -0.15) is 9.78 Å². The summed E-state index contributed by atoms with van der Waals surface area (Å²) in [5.74, 6) is 1.18. The topological polar surface area (TPSA) is 82.5 Å². The lowest BCUT2D eigenvalue weighted by molar-refractivity contribution is -0.120. The van der Waals surface area contributed by atoms with Crippen LogP contribution in [0.3, 0.4) is 0 Å². The van der Waals surface area contributed by atoms with E-state index in [-0.39, 0.29) is 11.5 Å². The number of hydrogen-bond donors (Lipinski definition) is 1. The van der Waals surface area contributed by atoms with Gasteiger partial charge in [0.1, 0.15) is 16.5 Å². The Morgan fingerprint density at radius 3 is 2.62 bits per heavy atom. The molecule has 9 heteroatoms. The third-order valence-electron chi connectivity index (χ3n) is 4.78. The minimum Gasteiger partial charge on any atom is -0.497 e. The first-order chi connectivity index (χ1) is 15.3. The molecule has 3 rings (SSSR count). The van der Waals surface area contributed by atoms with E-state index in [9.17, 15) is 9.59 Å². The average molecular weight is 474 g/mol. The number of benzene rings is 2. The van der Waals surface area contributed by atoms with Crippen molar-refractivity contribution in [2.75, 3.05) is 14.2 Å². The van der Waals surface area contributed by atoms with Crippen molar-refractivity contribution in [1.29, 1.82) is 0 Å². The minimum atomic E-state index is -0.438. The highest BCUT2D eigenvalue weighted by molar-refractivity contribution is 8.00. The Morgan fingerprint density at radius 1 is 1.16 bits per heavy atom. The summed E-state index contributed by atoms with van der Waals surface area (Å²) in [6.07, 6.45) is 0. The number of methoxy groups -OCH3 is 2. The third kappa shape index (κ3) is 5.63. The van der Waals surface area contributed by atoms with Crippen LogP contribution in [-0.2, 0) is 11.3 Å². The normalized spacial score (nSPS) is 11.7. The van der Waals surface area contributed by atoms with E-state index in [1.54, 1.807) is 51.5 Å². The van der Waals surface area contributed by atoms with Crippen molar-refractivity contribution in [3.63, 3.8) is 0 Å². The Labute approximate surface area is 195 Å². The number of ether oxygens (including phenoxy) is 2. The molecule has 1 atom stereocenters. The summed E-state index contributed by atoms with van der Waals surface area (Å²) in [7, 11) is 3.16. The molecule has 1 N–H and O–H groups in total. The van der Waals surface area contributed by atoms with Crippen LogP contribution in [0.4, 0.5) is 0 Å². The second kappa shape index (κ2) is 10.6. The number of nitrogens with zero attached hydrogens (tertiary/aromatic N) is 2. The SMILES string of the molecule is COc1ccc(OC)c(CNC(=O)[C@@H](C)Sc2ccc(=O)n(-c3ccc(C)c(Cl)c3)n2)c1. The van der Waals surface area contributed by atoms with Crippen molar-refractivity contribution in [1.82, 2.24) is 15.1 Å². The van der Waals surface area contributed by atoms with Crippen LogP contribution in [0, 0.1) is 6.92 Å². The smallest absolute Gasteiger partial charge is 0.271 e. The van der Waals surface area contributed by atoms with Crippen molar-refractivity contribution >= 4 is 29.3 Å². The molecule has 168 valence electrons. The predicted molar refractivity (Wildman–Crippen MR) is 126 cm³/mol. The van der Waals surface area contributed by atoms with Gasteiger partial charge in [0.05, 0.1) is 25.2 Å². The zero-order chi connectivity index (χ0) is 23.3. The van der Waals surface area contributed by atoms with Crippen LogP contribution in [0.2, 0.25) is 5.02 Å². The first-order valence-corrected chi connectivity index (χ1v) is 11.1. The second-order valence-corrected chi connectivity index (χ2v) is 8.78. The van der Waals surface area contributed by atoms with Gasteiger partial charge in [0.15, 0.2) is 0 Å². The Balaban J connectivity index is 1.70. The summed E-state index contributed by atoms with van der Waals surface area (Å²) in [5, 5.41) is 7.96. The number of amides is 1. The van der Waals surface area contributed by atoms with E-state index >= 15 is 0 Å². The molecular formula is C23H24ClN3O4S. The molecule has 1 aromatic heterocycles. The van der Waals surface area contributed by atoms with Gasteiger partial charge in [-0.1, -0.05) is 29.4 Å². The number of nitrogens with one attached hydrogen (secondary N) is 1. The number of carbonyl (C=O) groups is 1. The molecule has 1 amide bonds. The summed E-state index contributed by atoms with van der Waals surface area (Å²) in [5.41, 5.74) is 2.00. The number of halogens is 1. The number of aromatic nitrogens is 2. The van der Waals surface area contributed by atoms with E-state index in [1.807, 2.05) is 19.1 Å². The fourth-order valence-electron chi connectivity index (χ4n) is 2.94. The highest BCUT2D eigenvalue weighted by Crippen LogP contribution is 2.25. The van der Waals surface area contributed by atoms with Gasteiger partial charge in [-0.15, -0.1) is 0 Å². The van der Waals surface area contributed by atoms with E-state index in [4.69, 9.17) is 21.1 Å². The van der Waals surface area contributed by atoms with Crippen LogP contribution < -0.4 is 20.3 Å². The fourth-order valence-corrected chi connectivity index (χ4v) is 3.94. The molecule has 1 heterocycles. The Bertz CT molecular complexity index is 1180. The van der Waals surface area contributed by atoms with Crippen LogP contribution in [0.1, 0.15) is 18.1 Å². The molecule has 0 spiro atoms. The van der Waals surface area contributed by atoms with Crippen LogP contribution in [0.15, 0.2) is 58.4 Å². The molecule has 0 aliphatic heterocycles. The number of thioether (sulfide) groups is 1. The lowest BCUT2D eigenvalue weighted by atomic mass is 10.2. The van der Waals surface area contributed by atoms with Gasteiger partial charge in [0.25, 0.3) is 5.56 Å². The van der Waals surface area contributed by atoms with E-state index in [1.165, 1.54) is 22.5 Å². The third-order valence-corrected chi connectivity index (χ3v) is 6.22. The first-order valence-electron chi connectivity index (χ1n) is 9.84. The van der Waals surface area contributed by atoms with Crippen LogP contribution >= 0.6 is 23.4 Å². The molecule has 0 radical (unpaired) electrons. The van der Waals surface area contributed by atoms with Crippen LogP contribution in [0.5, 0.6) is 11.5 Å². The fraction of sp³-hybridized carbons (Fsp3) is 0.261. The van der Waals surface area contributed by atoms with E-state index < -0.39 is 5.25 Å². The number of carbonyl (C=O) groups excluding carboxylic acids is 1. The number of hydrogen-bond acceptors (Lipinski definition) is 6. The van der Waals surface area contributed by atoms with Crippen molar-refractivity contribution in [2.24, 2.45) is 0 Å². The van der Waals surface area contributed by atoms with Crippen molar-refractivity contribution < 1.29 is 14.3 Å². The molecule has 2 aromatic carbocycles. The summed E-state index contributed by atoms with van der Waals surface area (Å²) < 4.78 is 11.9. The lowest BCUT2D eigenvalue weighted by Gasteiger charge is -2.14. The number of rotatable bonds is 8. The van der Waals surface area contributed by atoms with Crippen LogP contribution in [-0.4, -0.2) is 35.2 Å². The van der Waals surface area contributed by atoms with Gasteiger partial charge in [-0.3, -0.25) is 9.59 Å². The molecular weight excluding hydrogens is 450 g/mol. The highest BCUT2D eigenvalue weighted by Gasteiger charge is 2.17. The molecule has 0 unspecified atom stereocenters. The van der Waals surface area contributed by atoms with Crippen molar-refractivity contribution in [2.45, 2.75) is 30.7 Å². The van der Waals surface area contributed by atoms with Crippen molar-refractivity contribution in [3.8, 4) is 17.2 Å². The molecule has 0 aliphatic rings. The van der Waals surface area contributed by atoms with Gasteiger partial charge in [-0.25, -0.2) is 0 Å². The van der Waals surface area contributed by atoms with E-state index in [0.29, 0.717) is 33.8 Å². The molecule has 0 fully saturated rings. The van der Waals surface area contributed by atoms with Gasteiger partial charge in [0.2, 0.25) is 5.91 Å². The summed E-state index contributed by atoms with van der Waals surface area (Å²) in [4.78, 5) is 25.0. The first kappa shape index (κ1) is 23.7. The number of aryl methyl sites for hydroxylation is 1. The molecule has 7 nitrogen and oxygen atoms in total. The Kier molecular flexibility index (Phi) is 7.82. The quantitative estimate of drug-likeness (QED) is 0.498. The van der Waals surface area contributed by atoms with E-state index in [2.05, 4.69) is 10.4 Å². The van der Waals surface area contributed by atoms with Gasteiger partial charge in [-0.05, 0) is 55.8 Å². The zero-order valence-electron chi connectivity index (χ0n) is 18.2. The largest absolute Gasteiger partial charge is 0.497 e. The monoisotopic (exact) mass is 473 g/mol.